The molecule has 0 amide bonds. The summed E-state index contributed by atoms with van der Waals surface area (Å²) in [6.45, 7) is 4.90. The van der Waals surface area contributed by atoms with E-state index in [0.29, 0.717) is 5.88 Å². The van der Waals surface area contributed by atoms with Crippen LogP contribution in [0.1, 0.15) is 5.56 Å². The molecule has 2 aromatic rings. The first-order valence-corrected chi connectivity index (χ1v) is 7.07. The van der Waals surface area contributed by atoms with Crippen molar-refractivity contribution in [2.75, 3.05) is 38.2 Å². The molecule has 3 rings (SSSR count). The zero-order chi connectivity index (χ0) is 14.5. The number of pyridine rings is 1. The second kappa shape index (κ2) is 6.49. The van der Waals surface area contributed by atoms with E-state index in [1.54, 1.807) is 19.5 Å². The van der Waals surface area contributed by atoms with E-state index in [2.05, 4.69) is 30.8 Å². The minimum Gasteiger partial charge on any atom is -0.481 e. The molecule has 1 aliphatic rings. The summed E-state index contributed by atoms with van der Waals surface area (Å²) in [6, 6.07) is 3.98. The van der Waals surface area contributed by atoms with E-state index in [0.717, 1.165) is 38.5 Å². The van der Waals surface area contributed by atoms with E-state index in [4.69, 9.17) is 4.74 Å². The molecule has 0 saturated carbocycles. The van der Waals surface area contributed by atoms with E-state index in [-0.39, 0.29) is 0 Å². The van der Waals surface area contributed by atoms with E-state index in [1.807, 2.05) is 18.5 Å². The van der Waals surface area contributed by atoms with Crippen LogP contribution < -0.4 is 9.64 Å². The minimum atomic E-state index is 0.659. The molecule has 0 atom stereocenters. The Hall–Kier alpha value is -2.21. The molecule has 0 spiro atoms. The quantitative estimate of drug-likeness (QED) is 0.841. The highest BCUT2D eigenvalue weighted by Crippen LogP contribution is 2.14. The van der Waals surface area contributed by atoms with Crippen LogP contribution in [0.15, 0.2) is 36.9 Å². The fourth-order valence-corrected chi connectivity index (χ4v) is 2.47. The summed E-state index contributed by atoms with van der Waals surface area (Å²) in [7, 11) is 1.63. The zero-order valence-electron chi connectivity index (χ0n) is 12.1. The zero-order valence-corrected chi connectivity index (χ0v) is 12.1. The summed E-state index contributed by atoms with van der Waals surface area (Å²) >= 11 is 0. The molecule has 1 aliphatic heterocycles. The Kier molecular flexibility index (Phi) is 4.25. The number of methoxy groups -OCH3 is 1. The highest BCUT2D eigenvalue weighted by molar-refractivity contribution is 5.35. The summed E-state index contributed by atoms with van der Waals surface area (Å²) in [4.78, 5) is 17.4. The van der Waals surface area contributed by atoms with Gasteiger partial charge in [0.05, 0.1) is 13.3 Å². The molecule has 110 valence electrons. The van der Waals surface area contributed by atoms with Crippen molar-refractivity contribution in [1.82, 2.24) is 19.9 Å². The van der Waals surface area contributed by atoms with Crippen molar-refractivity contribution in [1.29, 1.82) is 0 Å². The maximum absolute atomic E-state index is 5.08. The summed E-state index contributed by atoms with van der Waals surface area (Å²) in [5, 5.41) is 0. The topological polar surface area (TPSA) is 54.4 Å². The molecule has 1 fully saturated rings. The highest BCUT2D eigenvalue weighted by atomic mass is 16.5. The Morgan fingerprint density at radius 1 is 1.05 bits per heavy atom. The van der Waals surface area contributed by atoms with Crippen LogP contribution in [0.2, 0.25) is 0 Å². The van der Waals surface area contributed by atoms with Crippen LogP contribution in [-0.2, 0) is 6.54 Å². The summed E-state index contributed by atoms with van der Waals surface area (Å²) in [5.41, 5.74) is 1.21. The minimum absolute atomic E-state index is 0.659. The number of piperazine rings is 1. The lowest BCUT2D eigenvalue weighted by Crippen LogP contribution is -2.46. The van der Waals surface area contributed by atoms with Gasteiger partial charge in [-0.15, -0.1) is 0 Å². The van der Waals surface area contributed by atoms with Gasteiger partial charge in [-0.05, 0) is 5.56 Å². The van der Waals surface area contributed by atoms with Gasteiger partial charge in [-0.3, -0.25) is 9.88 Å². The molecule has 0 radical (unpaired) electrons. The van der Waals surface area contributed by atoms with Crippen molar-refractivity contribution in [3.8, 4) is 5.88 Å². The number of aromatic nitrogens is 3. The van der Waals surface area contributed by atoms with Gasteiger partial charge in [0.25, 0.3) is 0 Å². The molecular formula is C15H19N5O. The first kappa shape index (κ1) is 13.8. The smallest absolute Gasteiger partial charge is 0.212 e. The standard InChI is InChI=1S/C15H19N5O/c1-21-15-3-2-13(10-18-15)12-19-6-8-20(9-7-19)14-11-16-4-5-17-14/h2-5,10-11H,6-9,12H2,1H3. The van der Waals surface area contributed by atoms with E-state index in [9.17, 15) is 0 Å². The molecule has 0 unspecified atom stereocenters. The van der Waals surface area contributed by atoms with Crippen LogP contribution >= 0.6 is 0 Å². The third kappa shape index (κ3) is 3.46. The fraction of sp³-hybridized carbons (Fsp3) is 0.400. The Morgan fingerprint density at radius 2 is 1.90 bits per heavy atom. The largest absolute Gasteiger partial charge is 0.481 e. The maximum atomic E-state index is 5.08. The lowest BCUT2D eigenvalue weighted by molar-refractivity contribution is 0.249. The normalized spacial score (nSPS) is 16.0. The highest BCUT2D eigenvalue weighted by Gasteiger charge is 2.18. The number of hydrogen-bond acceptors (Lipinski definition) is 6. The Labute approximate surface area is 124 Å². The van der Waals surface area contributed by atoms with Crippen molar-refractivity contribution in [2.24, 2.45) is 0 Å². The Bertz CT molecular complexity index is 552. The van der Waals surface area contributed by atoms with Crippen LogP contribution in [0, 0.1) is 0 Å². The average molecular weight is 285 g/mol. The second-order valence-corrected chi connectivity index (χ2v) is 5.04. The third-order valence-corrected chi connectivity index (χ3v) is 3.66. The monoisotopic (exact) mass is 285 g/mol. The van der Waals surface area contributed by atoms with Crippen molar-refractivity contribution in [3.63, 3.8) is 0 Å². The number of anilines is 1. The lowest BCUT2D eigenvalue weighted by atomic mass is 10.2. The van der Waals surface area contributed by atoms with Gasteiger partial charge in [-0.2, -0.15) is 0 Å². The molecule has 3 heterocycles. The number of hydrogen-bond donors (Lipinski definition) is 0. The number of ether oxygens (including phenoxy) is 1. The summed E-state index contributed by atoms with van der Waals surface area (Å²) in [6.07, 6.45) is 7.15. The van der Waals surface area contributed by atoms with Gasteiger partial charge < -0.3 is 9.64 Å². The third-order valence-electron chi connectivity index (χ3n) is 3.66. The SMILES string of the molecule is COc1ccc(CN2CCN(c3cnccn3)CC2)cn1. The van der Waals surface area contributed by atoms with Gasteiger partial charge in [-0.1, -0.05) is 6.07 Å². The summed E-state index contributed by atoms with van der Waals surface area (Å²) < 4.78 is 5.08. The summed E-state index contributed by atoms with van der Waals surface area (Å²) in [5.74, 6) is 1.62. The van der Waals surface area contributed by atoms with E-state index in [1.165, 1.54) is 5.56 Å². The molecule has 0 aromatic carbocycles. The van der Waals surface area contributed by atoms with Gasteiger partial charge in [0.2, 0.25) is 5.88 Å². The van der Waals surface area contributed by atoms with E-state index >= 15 is 0 Å². The molecule has 2 aromatic heterocycles. The van der Waals surface area contributed by atoms with Gasteiger partial charge in [0, 0.05) is 57.4 Å². The van der Waals surface area contributed by atoms with Crippen molar-refractivity contribution < 1.29 is 4.74 Å². The van der Waals surface area contributed by atoms with Crippen molar-refractivity contribution in [2.45, 2.75) is 6.54 Å². The van der Waals surface area contributed by atoms with Crippen LogP contribution in [0.3, 0.4) is 0 Å². The Morgan fingerprint density at radius 3 is 2.52 bits per heavy atom. The second-order valence-electron chi connectivity index (χ2n) is 5.04. The van der Waals surface area contributed by atoms with Crippen LogP contribution in [-0.4, -0.2) is 53.1 Å². The van der Waals surface area contributed by atoms with Gasteiger partial charge >= 0.3 is 0 Å². The number of rotatable bonds is 4. The van der Waals surface area contributed by atoms with E-state index < -0.39 is 0 Å². The molecule has 0 bridgehead atoms. The van der Waals surface area contributed by atoms with Gasteiger partial charge in [0.15, 0.2) is 0 Å². The number of nitrogens with zero attached hydrogens (tertiary/aromatic N) is 5. The maximum Gasteiger partial charge on any atom is 0.212 e. The van der Waals surface area contributed by atoms with Crippen LogP contribution in [0.25, 0.3) is 0 Å². The van der Waals surface area contributed by atoms with Crippen LogP contribution in [0.5, 0.6) is 5.88 Å². The first-order valence-electron chi connectivity index (χ1n) is 7.07. The lowest BCUT2D eigenvalue weighted by Gasteiger charge is -2.35. The average Bonchev–Trinajstić information content (AvgIpc) is 2.57. The molecule has 21 heavy (non-hydrogen) atoms. The molecule has 0 N–H and O–H groups in total. The molecule has 1 saturated heterocycles. The first-order chi connectivity index (χ1) is 10.3. The predicted octanol–water partition coefficient (Wildman–Crippen LogP) is 1.20. The van der Waals surface area contributed by atoms with Crippen molar-refractivity contribution >= 4 is 5.82 Å². The van der Waals surface area contributed by atoms with Gasteiger partial charge in [0.1, 0.15) is 5.82 Å². The fourth-order valence-electron chi connectivity index (χ4n) is 2.47. The molecule has 6 nitrogen and oxygen atoms in total. The molecular weight excluding hydrogens is 266 g/mol. The predicted molar refractivity (Wildman–Crippen MR) is 80.3 cm³/mol. The van der Waals surface area contributed by atoms with Gasteiger partial charge in [-0.25, -0.2) is 9.97 Å². The van der Waals surface area contributed by atoms with Crippen LogP contribution in [0.4, 0.5) is 5.82 Å². The molecule has 6 heteroatoms. The van der Waals surface area contributed by atoms with Crippen molar-refractivity contribution in [3.05, 3.63) is 42.5 Å². The molecule has 0 aliphatic carbocycles. The Balaban J connectivity index is 1.53.